The van der Waals surface area contributed by atoms with Gasteiger partial charge in [-0.05, 0) is 35.9 Å². The van der Waals surface area contributed by atoms with Crippen LogP contribution in [0, 0.1) is 17.1 Å². The number of piperidine rings is 1. The second-order valence-corrected chi connectivity index (χ2v) is 9.41. The van der Waals surface area contributed by atoms with Crippen LogP contribution in [0.1, 0.15) is 18.4 Å². The molecule has 5 rings (SSSR count). The number of methoxy groups -OCH3 is 2. The number of halogens is 1. The molecule has 0 aliphatic carbocycles. The molecular formula is C31H28FN5O4. The highest BCUT2D eigenvalue weighted by molar-refractivity contribution is 5.94. The van der Waals surface area contributed by atoms with E-state index >= 15 is 0 Å². The van der Waals surface area contributed by atoms with Gasteiger partial charge in [0.15, 0.2) is 11.5 Å². The van der Waals surface area contributed by atoms with Crippen LogP contribution in [0.4, 0.5) is 15.9 Å². The molecule has 0 saturated carbocycles. The summed E-state index contributed by atoms with van der Waals surface area (Å²) in [6.07, 6.45) is 4.00. The van der Waals surface area contributed by atoms with E-state index in [9.17, 15) is 14.4 Å². The van der Waals surface area contributed by atoms with E-state index in [4.69, 9.17) is 14.2 Å². The van der Waals surface area contributed by atoms with Crippen LogP contribution < -0.4 is 19.5 Å². The van der Waals surface area contributed by atoms with Gasteiger partial charge in [0.2, 0.25) is 5.91 Å². The lowest BCUT2D eigenvalue weighted by Crippen LogP contribution is -2.41. The van der Waals surface area contributed by atoms with Crippen LogP contribution in [0.15, 0.2) is 67.5 Å². The number of likely N-dealkylation sites (tertiary alicyclic amines) is 1. The van der Waals surface area contributed by atoms with E-state index < -0.39 is 5.82 Å². The summed E-state index contributed by atoms with van der Waals surface area (Å²) in [6, 6.07) is 15.4. The third kappa shape index (κ3) is 5.61. The number of benzene rings is 3. The van der Waals surface area contributed by atoms with Crippen molar-refractivity contribution in [1.29, 1.82) is 5.26 Å². The number of amides is 1. The molecule has 10 heteroatoms. The Morgan fingerprint density at radius 3 is 2.59 bits per heavy atom. The SMILES string of the molecule is C=CC(=O)N1CCC(Oc2cc3c(Nc4cc(-c5cccc(C#N)c5F)ccc4OC)ncnc3cc2OC)CC1. The van der Waals surface area contributed by atoms with Gasteiger partial charge >= 0.3 is 0 Å². The van der Waals surface area contributed by atoms with E-state index in [1.165, 1.54) is 18.5 Å². The summed E-state index contributed by atoms with van der Waals surface area (Å²) in [4.78, 5) is 22.6. The molecule has 1 aliphatic heterocycles. The van der Waals surface area contributed by atoms with E-state index in [0.29, 0.717) is 76.7 Å². The Morgan fingerprint density at radius 2 is 1.88 bits per heavy atom. The van der Waals surface area contributed by atoms with E-state index in [0.717, 1.165) is 0 Å². The van der Waals surface area contributed by atoms with Gasteiger partial charge < -0.3 is 24.4 Å². The topological polar surface area (TPSA) is 110 Å². The quantitative estimate of drug-likeness (QED) is 0.280. The van der Waals surface area contributed by atoms with Crippen LogP contribution in [0.5, 0.6) is 17.2 Å². The lowest BCUT2D eigenvalue weighted by molar-refractivity contribution is -0.127. The minimum atomic E-state index is -0.591. The van der Waals surface area contributed by atoms with Crippen molar-refractivity contribution in [3.05, 3.63) is 78.9 Å². The van der Waals surface area contributed by atoms with Crippen LogP contribution in [-0.4, -0.2) is 54.2 Å². The second kappa shape index (κ2) is 11.9. The number of carbonyl (C=O) groups is 1. The Kier molecular flexibility index (Phi) is 7.97. The van der Waals surface area contributed by atoms with Crippen LogP contribution in [0.2, 0.25) is 0 Å². The van der Waals surface area contributed by atoms with Gasteiger partial charge in [0.25, 0.3) is 0 Å². The molecule has 3 aromatic carbocycles. The lowest BCUT2D eigenvalue weighted by Gasteiger charge is -2.31. The van der Waals surface area contributed by atoms with Gasteiger partial charge in [-0.1, -0.05) is 24.8 Å². The number of anilines is 2. The Bertz CT molecular complexity index is 1660. The molecule has 1 N–H and O–H groups in total. The van der Waals surface area contributed by atoms with Gasteiger partial charge in [0, 0.05) is 42.9 Å². The molecular weight excluding hydrogens is 525 g/mol. The molecule has 0 radical (unpaired) electrons. The van der Waals surface area contributed by atoms with E-state index in [-0.39, 0.29) is 17.6 Å². The van der Waals surface area contributed by atoms with Crippen molar-refractivity contribution in [2.24, 2.45) is 0 Å². The van der Waals surface area contributed by atoms with Gasteiger partial charge in [-0.25, -0.2) is 14.4 Å². The first-order valence-electron chi connectivity index (χ1n) is 13.0. The lowest BCUT2D eigenvalue weighted by atomic mass is 10.0. The second-order valence-electron chi connectivity index (χ2n) is 9.41. The molecule has 1 aliphatic rings. The maximum Gasteiger partial charge on any atom is 0.245 e. The zero-order valence-electron chi connectivity index (χ0n) is 22.7. The number of rotatable bonds is 8. The largest absolute Gasteiger partial charge is 0.495 e. The third-order valence-corrected chi connectivity index (χ3v) is 7.03. The fourth-order valence-corrected chi connectivity index (χ4v) is 4.86. The molecule has 2 heterocycles. The standard InChI is InChI=1S/C31H28FN5O4/c1-4-29(38)37-12-10-21(11-13-37)41-28-15-23-24(16-27(28)40-3)34-18-35-31(23)36-25-14-19(8-9-26(25)39-2)22-7-5-6-20(17-33)30(22)32/h4-9,14-16,18,21H,1,10-13H2,2-3H3,(H,34,35,36). The van der Waals surface area contributed by atoms with Gasteiger partial charge in [0.1, 0.15) is 35.9 Å². The molecule has 0 unspecified atom stereocenters. The first kappa shape index (κ1) is 27.4. The van der Waals surface area contributed by atoms with Crippen molar-refractivity contribution in [1.82, 2.24) is 14.9 Å². The number of nitrogens with zero attached hydrogens (tertiary/aromatic N) is 4. The molecule has 41 heavy (non-hydrogen) atoms. The minimum absolute atomic E-state index is 0.0333. The summed E-state index contributed by atoms with van der Waals surface area (Å²) in [6.45, 7) is 4.72. The van der Waals surface area contributed by atoms with E-state index in [1.54, 1.807) is 55.5 Å². The van der Waals surface area contributed by atoms with Gasteiger partial charge in [-0.15, -0.1) is 0 Å². The number of hydrogen-bond acceptors (Lipinski definition) is 8. The summed E-state index contributed by atoms with van der Waals surface area (Å²) in [5.41, 5.74) is 2.00. The van der Waals surface area contributed by atoms with Crippen molar-refractivity contribution in [3.8, 4) is 34.4 Å². The fourth-order valence-electron chi connectivity index (χ4n) is 4.86. The smallest absolute Gasteiger partial charge is 0.245 e. The highest BCUT2D eigenvalue weighted by atomic mass is 19.1. The molecule has 1 amide bonds. The van der Waals surface area contributed by atoms with Crippen LogP contribution in [0.3, 0.4) is 0 Å². The number of carbonyl (C=O) groups excluding carboxylic acids is 1. The van der Waals surface area contributed by atoms with Gasteiger partial charge in [-0.2, -0.15) is 5.26 Å². The first-order chi connectivity index (χ1) is 19.9. The molecule has 0 bridgehead atoms. The number of ether oxygens (including phenoxy) is 3. The highest BCUT2D eigenvalue weighted by Gasteiger charge is 2.24. The van der Waals surface area contributed by atoms with Gasteiger partial charge in [-0.3, -0.25) is 4.79 Å². The Morgan fingerprint density at radius 1 is 1.10 bits per heavy atom. The summed E-state index contributed by atoms with van der Waals surface area (Å²) in [5, 5.41) is 13.2. The van der Waals surface area contributed by atoms with Crippen molar-refractivity contribution < 1.29 is 23.4 Å². The average molecular weight is 554 g/mol. The van der Waals surface area contributed by atoms with E-state index in [1.807, 2.05) is 12.1 Å². The van der Waals surface area contributed by atoms with Crippen molar-refractivity contribution in [2.75, 3.05) is 32.6 Å². The number of nitrogens with one attached hydrogen (secondary N) is 1. The summed E-state index contributed by atoms with van der Waals surface area (Å²) < 4.78 is 32.5. The maximum absolute atomic E-state index is 15.0. The molecule has 1 saturated heterocycles. The van der Waals surface area contributed by atoms with E-state index in [2.05, 4.69) is 21.9 Å². The van der Waals surface area contributed by atoms with Gasteiger partial charge in [0.05, 0.1) is 31.0 Å². The Hall–Kier alpha value is -5.17. The number of fused-ring (bicyclic) bond motifs is 1. The zero-order valence-corrected chi connectivity index (χ0v) is 22.7. The molecule has 0 atom stereocenters. The van der Waals surface area contributed by atoms with Crippen molar-refractivity contribution in [3.63, 3.8) is 0 Å². The summed E-state index contributed by atoms with van der Waals surface area (Å²) in [5.74, 6) is 1.38. The number of hydrogen-bond donors (Lipinski definition) is 1. The summed E-state index contributed by atoms with van der Waals surface area (Å²) >= 11 is 0. The molecule has 9 nitrogen and oxygen atoms in total. The third-order valence-electron chi connectivity index (χ3n) is 7.03. The van der Waals surface area contributed by atoms with Crippen LogP contribution in [0.25, 0.3) is 22.0 Å². The molecule has 0 spiro atoms. The Balaban J connectivity index is 1.48. The molecule has 1 fully saturated rings. The van der Waals surface area contributed by atoms with Crippen LogP contribution in [-0.2, 0) is 4.79 Å². The predicted molar refractivity (Wildman–Crippen MR) is 153 cm³/mol. The van der Waals surface area contributed by atoms with Crippen molar-refractivity contribution >= 4 is 28.3 Å². The average Bonchev–Trinajstić information content (AvgIpc) is 3.01. The highest BCUT2D eigenvalue weighted by Crippen LogP contribution is 2.38. The first-order valence-corrected chi connectivity index (χ1v) is 13.0. The maximum atomic E-state index is 15.0. The number of nitriles is 1. The molecule has 4 aromatic rings. The zero-order chi connectivity index (χ0) is 28.9. The summed E-state index contributed by atoms with van der Waals surface area (Å²) in [7, 11) is 3.11. The predicted octanol–water partition coefficient (Wildman–Crippen LogP) is 5.62. The normalized spacial score (nSPS) is 13.4. The monoisotopic (exact) mass is 553 g/mol. The van der Waals surface area contributed by atoms with Crippen molar-refractivity contribution in [2.45, 2.75) is 18.9 Å². The molecule has 1 aromatic heterocycles. The fraction of sp³-hybridized carbons (Fsp3) is 0.226. The Labute approximate surface area is 236 Å². The van der Waals surface area contributed by atoms with Crippen LogP contribution >= 0.6 is 0 Å². The number of aromatic nitrogens is 2. The minimum Gasteiger partial charge on any atom is -0.495 e. The molecule has 208 valence electrons.